The molecular weight excluding hydrogens is 304 g/mol. The van der Waals surface area contributed by atoms with Gasteiger partial charge in [0.05, 0.1) is 11.8 Å². The molecule has 24 heavy (non-hydrogen) atoms. The van der Waals surface area contributed by atoms with Crippen molar-refractivity contribution in [2.24, 2.45) is 11.8 Å². The number of nitrogens with zero attached hydrogens (tertiary/aromatic N) is 4. The number of aromatic nitrogens is 2. The maximum Gasteiger partial charge on any atom is 0.257 e. The van der Waals surface area contributed by atoms with Crippen LogP contribution >= 0.6 is 0 Å². The Morgan fingerprint density at radius 1 is 1.00 bits per heavy atom. The first-order valence-electron chi connectivity index (χ1n) is 9.31. The highest BCUT2D eigenvalue weighted by Crippen LogP contribution is 2.30. The molecule has 1 aromatic heterocycles. The lowest BCUT2D eigenvalue weighted by atomic mass is 9.95. The minimum Gasteiger partial charge on any atom is -0.342 e. The molecule has 0 spiro atoms. The average Bonchev–Trinajstić information content (AvgIpc) is 3.08. The number of likely N-dealkylation sites (tertiary alicyclic amines) is 2. The van der Waals surface area contributed by atoms with Crippen LogP contribution in [0.4, 0.5) is 0 Å². The van der Waals surface area contributed by atoms with Gasteiger partial charge in [-0.1, -0.05) is 0 Å². The molecule has 6 heteroatoms. The van der Waals surface area contributed by atoms with Crippen molar-refractivity contribution in [1.82, 2.24) is 19.6 Å². The zero-order valence-electron chi connectivity index (χ0n) is 14.2. The maximum atomic E-state index is 12.6. The Kier molecular flexibility index (Phi) is 4.29. The number of rotatable bonds is 4. The van der Waals surface area contributed by atoms with E-state index in [2.05, 4.69) is 5.10 Å². The molecule has 1 saturated carbocycles. The zero-order chi connectivity index (χ0) is 16.5. The fraction of sp³-hybridized carbons (Fsp3) is 0.722. The van der Waals surface area contributed by atoms with Crippen molar-refractivity contribution in [3.63, 3.8) is 0 Å². The van der Waals surface area contributed by atoms with Crippen LogP contribution in [0.2, 0.25) is 0 Å². The van der Waals surface area contributed by atoms with E-state index in [0.29, 0.717) is 24.6 Å². The van der Waals surface area contributed by atoms with Crippen LogP contribution in [0.15, 0.2) is 12.4 Å². The summed E-state index contributed by atoms with van der Waals surface area (Å²) in [6.07, 6.45) is 9.97. The van der Waals surface area contributed by atoms with E-state index in [9.17, 15) is 9.59 Å². The van der Waals surface area contributed by atoms with Gasteiger partial charge in [0.25, 0.3) is 5.91 Å². The van der Waals surface area contributed by atoms with Gasteiger partial charge in [-0.05, 0) is 44.4 Å². The van der Waals surface area contributed by atoms with Gasteiger partial charge < -0.3 is 9.80 Å². The monoisotopic (exact) mass is 330 g/mol. The third-order valence-corrected chi connectivity index (χ3v) is 5.57. The summed E-state index contributed by atoms with van der Waals surface area (Å²) in [5.41, 5.74) is 0.681. The van der Waals surface area contributed by atoms with Crippen molar-refractivity contribution >= 4 is 11.8 Å². The molecule has 0 aromatic carbocycles. The van der Waals surface area contributed by atoms with Gasteiger partial charge in [-0.3, -0.25) is 14.3 Å². The Hall–Kier alpha value is -1.85. The summed E-state index contributed by atoms with van der Waals surface area (Å²) < 4.78 is 1.90. The molecule has 0 N–H and O–H groups in total. The van der Waals surface area contributed by atoms with Crippen LogP contribution in [0.3, 0.4) is 0 Å². The van der Waals surface area contributed by atoms with E-state index in [0.717, 1.165) is 51.2 Å². The van der Waals surface area contributed by atoms with Crippen molar-refractivity contribution in [2.45, 2.75) is 45.1 Å². The summed E-state index contributed by atoms with van der Waals surface area (Å²) >= 11 is 0. The topological polar surface area (TPSA) is 58.4 Å². The Labute approximate surface area is 142 Å². The van der Waals surface area contributed by atoms with E-state index < -0.39 is 0 Å². The van der Waals surface area contributed by atoms with E-state index in [1.165, 1.54) is 12.8 Å². The van der Waals surface area contributed by atoms with Crippen LogP contribution < -0.4 is 0 Å². The lowest BCUT2D eigenvalue weighted by Gasteiger charge is -2.33. The van der Waals surface area contributed by atoms with Gasteiger partial charge in [0, 0.05) is 44.8 Å². The molecule has 3 aliphatic rings. The van der Waals surface area contributed by atoms with Gasteiger partial charge >= 0.3 is 0 Å². The minimum atomic E-state index is 0.0594. The quantitative estimate of drug-likeness (QED) is 0.845. The normalized spacial score (nSPS) is 22.2. The maximum absolute atomic E-state index is 12.6. The van der Waals surface area contributed by atoms with Gasteiger partial charge in [-0.25, -0.2) is 0 Å². The predicted molar refractivity (Wildman–Crippen MR) is 89.4 cm³/mol. The van der Waals surface area contributed by atoms with E-state index in [4.69, 9.17) is 0 Å². The summed E-state index contributed by atoms with van der Waals surface area (Å²) in [6.45, 7) is 4.11. The molecule has 0 bridgehead atoms. The molecule has 2 saturated heterocycles. The zero-order valence-corrected chi connectivity index (χ0v) is 14.2. The van der Waals surface area contributed by atoms with E-state index in [1.54, 1.807) is 6.20 Å². The molecule has 0 unspecified atom stereocenters. The van der Waals surface area contributed by atoms with Crippen LogP contribution in [0.5, 0.6) is 0 Å². The average molecular weight is 330 g/mol. The Morgan fingerprint density at radius 2 is 1.71 bits per heavy atom. The number of carbonyl (C=O) groups excluding carboxylic acids is 2. The molecule has 1 aliphatic carbocycles. The minimum absolute atomic E-state index is 0.0594. The lowest BCUT2D eigenvalue weighted by molar-refractivity contribution is -0.135. The van der Waals surface area contributed by atoms with Gasteiger partial charge in [-0.15, -0.1) is 0 Å². The van der Waals surface area contributed by atoms with Crippen molar-refractivity contribution in [1.29, 1.82) is 0 Å². The summed E-state index contributed by atoms with van der Waals surface area (Å²) in [4.78, 5) is 29.0. The predicted octanol–water partition coefficient (Wildman–Crippen LogP) is 1.77. The number of carbonyl (C=O) groups is 2. The smallest absolute Gasteiger partial charge is 0.257 e. The van der Waals surface area contributed by atoms with Crippen molar-refractivity contribution in [2.75, 3.05) is 26.2 Å². The highest BCUT2D eigenvalue weighted by molar-refractivity contribution is 5.94. The van der Waals surface area contributed by atoms with E-state index >= 15 is 0 Å². The standard InChI is InChI=1S/C18H26N4O2/c23-17(20-7-1-2-8-20)15-5-9-21(10-6-15)18(24)16-11-19-22(13-16)12-14-3-4-14/h11,13-15H,1-10,12H2. The largest absolute Gasteiger partial charge is 0.342 e. The number of hydrogen-bond donors (Lipinski definition) is 0. The highest BCUT2D eigenvalue weighted by Gasteiger charge is 2.32. The van der Waals surface area contributed by atoms with E-state index in [-0.39, 0.29) is 11.8 Å². The second kappa shape index (κ2) is 6.57. The van der Waals surface area contributed by atoms with Gasteiger partial charge in [-0.2, -0.15) is 5.10 Å². The fourth-order valence-corrected chi connectivity index (χ4v) is 3.85. The SMILES string of the molecule is O=C(c1cnn(CC2CC2)c1)N1CCC(C(=O)N2CCCC2)CC1. The molecule has 2 aliphatic heterocycles. The summed E-state index contributed by atoms with van der Waals surface area (Å²) in [6, 6.07) is 0. The number of hydrogen-bond acceptors (Lipinski definition) is 3. The molecule has 130 valence electrons. The van der Waals surface area contributed by atoms with Crippen LogP contribution in [-0.2, 0) is 11.3 Å². The highest BCUT2D eigenvalue weighted by atomic mass is 16.2. The molecule has 4 rings (SSSR count). The summed E-state index contributed by atoms with van der Waals surface area (Å²) in [7, 11) is 0. The first-order chi connectivity index (χ1) is 11.7. The fourth-order valence-electron chi connectivity index (χ4n) is 3.85. The first-order valence-corrected chi connectivity index (χ1v) is 9.31. The van der Waals surface area contributed by atoms with Crippen LogP contribution in [0, 0.1) is 11.8 Å². The molecule has 3 fully saturated rings. The van der Waals surface area contributed by atoms with Crippen LogP contribution in [0.1, 0.15) is 48.9 Å². The molecule has 3 heterocycles. The van der Waals surface area contributed by atoms with E-state index in [1.807, 2.05) is 20.7 Å². The Morgan fingerprint density at radius 3 is 2.38 bits per heavy atom. The molecular formula is C18H26N4O2. The summed E-state index contributed by atoms with van der Waals surface area (Å²) in [5, 5.41) is 4.32. The van der Waals surface area contributed by atoms with Crippen molar-refractivity contribution < 1.29 is 9.59 Å². The Balaban J connectivity index is 1.30. The second-order valence-electron chi connectivity index (χ2n) is 7.49. The van der Waals surface area contributed by atoms with Crippen LogP contribution in [0.25, 0.3) is 0 Å². The van der Waals surface area contributed by atoms with Crippen molar-refractivity contribution in [3.8, 4) is 0 Å². The molecule has 0 radical (unpaired) electrons. The first kappa shape index (κ1) is 15.7. The van der Waals surface area contributed by atoms with Crippen LogP contribution in [-0.4, -0.2) is 57.6 Å². The number of piperidine rings is 1. The van der Waals surface area contributed by atoms with Crippen molar-refractivity contribution in [3.05, 3.63) is 18.0 Å². The third kappa shape index (κ3) is 3.32. The molecule has 6 nitrogen and oxygen atoms in total. The number of amides is 2. The molecule has 0 atom stereocenters. The van der Waals surface area contributed by atoms with Gasteiger partial charge in [0.2, 0.25) is 5.91 Å². The second-order valence-corrected chi connectivity index (χ2v) is 7.49. The Bertz CT molecular complexity index is 608. The third-order valence-electron chi connectivity index (χ3n) is 5.57. The molecule has 1 aromatic rings. The molecule has 2 amide bonds. The van der Waals surface area contributed by atoms with Gasteiger partial charge in [0.15, 0.2) is 0 Å². The van der Waals surface area contributed by atoms with Gasteiger partial charge in [0.1, 0.15) is 0 Å². The summed E-state index contributed by atoms with van der Waals surface area (Å²) in [5.74, 6) is 1.21. The lowest BCUT2D eigenvalue weighted by Crippen LogP contribution is -2.43.